The minimum atomic E-state index is -0.994. The maximum absolute atomic E-state index is 14.0. The van der Waals surface area contributed by atoms with E-state index in [1.54, 1.807) is 37.4 Å². The molecule has 3 aromatic rings. The van der Waals surface area contributed by atoms with Crippen LogP contribution in [-0.2, 0) is 9.47 Å². The van der Waals surface area contributed by atoms with Crippen LogP contribution in [0.25, 0.3) is 21.9 Å². The van der Waals surface area contributed by atoms with E-state index in [4.69, 9.17) is 28.4 Å². The number of rotatable bonds is 13. The molecular formula is C38H52O9. The Kier molecular flexibility index (Phi) is 11.5. The highest BCUT2D eigenvalue weighted by molar-refractivity contribution is 6.21. The summed E-state index contributed by atoms with van der Waals surface area (Å²) in [6.07, 6.45) is 1.68. The summed E-state index contributed by atoms with van der Waals surface area (Å²) in [5, 5.41) is 12.4. The van der Waals surface area contributed by atoms with Gasteiger partial charge in [0.25, 0.3) is 0 Å². The van der Waals surface area contributed by atoms with E-state index < -0.39 is 22.6 Å². The van der Waals surface area contributed by atoms with Crippen molar-refractivity contribution in [2.45, 2.75) is 80.4 Å². The van der Waals surface area contributed by atoms with Gasteiger partial charge in [0.1, 0.15) is 11.5 Å². The number of benzene rings is 3. The smallest absolute Gasteiger partial charge is 0.339 e. The van der Waals surface area contributed by atoms with Crippen LogP contribution in [0.15, 0.2) is 30.3 Å². The number of fused-ring (bicyclic) bond motifs is 1. The van der Waals surface area contributed by atoms with Crippen molar-refractivity contribution in [2.24, 2.45) is 16.7 Å². The fourth-order valence-corrected chi connectivity index (χ4v) is 6.84. The third-order valence-corrected chi connectivity index (χ3v) is 9.04. The van der Waals surface area contributed by atoms with Crippen molar-refractivity contribution in [3.8, 4) is 39.9 Å². The Labute approximate surface area is 279 Å². The van der Waals surface area contributed by atoms with E-state index >= 15 is 0 Å². The van der Waals surface area contributed by atoms with E-state index in [0.29, 0.717) is 22.3 Å². The molecule has 1 N–H and O–H groups in total. The van der Waals surface area contributed by atoms with Gasteiger partial charge in [0.05, 0.1) is 39.6 Å². The molecule has 0 amide bonds. The van der Waals surface area contributed by atoms with Crippen LogP contribution in [0, 0.1) is 16.7 Å². The number of carbonyl (C=O) groups is 2. The molecule has 0 heterocycles. The highest BCUT2D eigenvalue weighted by Gasteiger charge is 2.54. The van der Waals surface area contributed by atoms with Crippen LogP contribution in [0.4, 0.5) is 0 Å². The number of aromatic hydroxyl groups is 1. The molecule has 9 heteroatoms. The first-order valence-corrected chi connectivity index (χ1v) is 16.0. The second-order valence-electron chi connectivity index (χ2n) is 13.8. The van der Waals surface area contributed by atoms with E-state index in [0.717, 1.165) is 12.8 Å². The first-order chi connectivity index (χ1) is 22.0. The van der Waals surface area contributed by atoms with Crippen LogP contribution in [0.1, 0.15) is 95.4 Å². The summed E-state index contributed by atoms with van der Waals surface area (Å²) in [4.78, 5) is 27.8. The van der Waals surface area contributed by atoms with Gasteiger partial charge in [0.15, 0.2) is 17.3 Å². The zero-order chi connectivity index (χ0) is 35.5. The van der Waals surface area contributed by atoms with Gasteiger partial charge >= 0.3 is 5.97 Å². The van der Waals surface area contributed by atoms with Gasteiger partial charge in [-0.25, -0.2) is 4.79 Å². The molecule has 258 valence electrons. The Morgan fingerprint density at radius 3 is 1.77 bits per heavy atom. The maximum Gasteiger partial charge on any atom is 0.339 e. The monoisotopic (exact) mass is 652 g/mol. The lowest BCUT2D eigenvalue weighted by Gasteiger charge is -2.51. The van der Waals surface area contributed by atoms with Crippen LogP contribution in [0.3, 0.4) is 0 Å². The number of phenols is 1. The third-order valence-electron chi connectivity index (χ3n) is 9.04. The second kappa shape index (κ2) is 14.4. The van der Waals surface area contributed by atoms with Crippen molar-refractivity contribution in [1.29, 1.82) is 0 Å². The minimum absolute atomic E-state index is 0.0644. The second-order valence-corrected chi connectivity index (χ2v) is 13.8. The summed E-state index contributed by atoms with van der Waals surface area (Å²) in [7, 11) is 7.29. The zero-order valence-corrected chi connectivity index (χ0v) is 30.3. The van der Waals surface area contributed by atoms with Gasteiger partial charge in [-0.2, -0.15) is 0 Å². The van der Waals surface area contributed by atoms with Crippen molar-refractivity contribution >= 4 is 22.5 Å². The molecule has 0 aliphatic rings. The molecule has 0 fully saturated rings. The lowest BCUT2D eigenvalue weighted by Crippen LogP contribution is -2.59. The van der Waals surface area contributed by atoms with Crippen LogP contribution in [0.2, 0.25) is 0 Å². The van der Waals surface area contributed by atoms with Crippen molar-refractivity contribution in [3.05, 3.63) is 41.5 Å². The van der Waals surface area contributed by atoms with Crippen LogP contribution >= 0.6 is 0 Å². The molecule has 0 spiro atoms. The number of hydrogen-bond donors (Lipinski definition) is 1. The predicted molar refractivity (Wildman–Crippen MR) is 184 cm³/mol. The van der Waals surface area contributed by atoms with Crippen molar-refractivity contribution < 1.29 is 43.1 Å². The number of methoxy groups -OCH3 is 5. The average Bonchev–Trinajstić information content (AvgIpc) is 3.03. The van der Waals surface area contributed by atoms with Crippen LogP contribution in [0.5, 0.6) is 28.7 Å². The van der Waals surface area contributed by atoms with E-state index in [1.807, 2.05) is 13.8 Å². The number of esters is 1. The number of ketones is 1. The molecule has 0 saturated carbocycles. The van der Waals surface area contributed by atoms with Crippen LogP contribution < -0.4 is 18.9 Å². The lowest BCUT2D eigenvalue weighted by atomic mass is 9.70. The normalized spacial score (nSPS) is 12.3. The first-order valence-electron chi connectivity index (χ1n) is 16.0. The number of phenolic OH excluding ortho intramolecular Hbond substituents is 1. The number of hydrogen-bond acceptors (Lipinski definition) is 9. The Balaban J connectivity index is 2.50. The molecule has 0 saturated heterocycles. The van der Waals surface area contributed by atoms with E-state index in [-0.39, 0.29) is 57.6 Å². The predicted octanol–water partition coefficient (Wildman–Crippen LogP) is 8.85. The molecule has 3 aromatic carbocycles. The third kappa shape index (κ3) is 6.73. The van der Waals surface area contributed by atoms with Gasteiger partial charge in [-0.05, 0) is 29.7 Å². The maximum atomic E-state index is 14.0. The van der Waals surface area contributed by atoms with Gasteiger partial charge in [-0.15, -0.1) is 0 Å². The van der Waals surface area contributed by atoms with Crippen molar-refractivity contribution in [2.75, 3.05) is 35.5 Å². The van der Waals surface area contributed by atoms with Gasteiger partial charge in [0.2, 0.25) is 11.5 Å². The average molecular weight is 653 g/mol. The highest BCUT2D eigenvalue weighted by Crippen LogP contribution is 2.53. The fourth-order valence-electron chi connectivity index (χ4n) is 6.84. The molecular weight excluding hydrogens is 600 g/mol. The van der Waals surface area contributed by atoms with Crippen molar-refractivity contribution in [1.82, 2.24) is 0 Å². The molecule has 47 heavy (non-hydrogen) atoms. The Morgan fingerprint density at radius 2 is 1.34 bits per heavy atom. The quantitative estimate of drug-likeness (QED) is 0.110. The molecule has 9 nitrogen and oxygen atoms in total. The zero-order valence-electron chi connectivity index (χ0n) is 30.3. The summed E-state index contributed by atoms with van der Waals surface area (Å²) < 4.78 is 35.2. The SMILES string of the molecule is CCC(CC)CC(=O)c1c(C(=O)OC)c(-c2ccc(OC(OC)(C(C)(C)C)C(C)(C)C)cc2)c2c(OC)c(OC)c(OC)cc2c1O. The van der Waals surface area contributed by atoms with Gasteiger partial charge in [0, 0.05) is 40.7 Å². The Morgan fingerprint density at radius 1 is 0.787 bits per heavy atom. The standard InChI is InChI=1S/C38H52O9/c1-14-22(15-2)20-26(39)30-31(35(41)45-12)28(29-25(32(30)40)21-27(42-9)33(43-10)34(29)44-11)23-16-18-24(19-17-23)47-38(46-13,36(3,4)5)37(6,7)8/h16-19,21-22,40H,14-15,20H2,1-13H3. The fraction of sp³-hybridized carbons (Fsp3) is 0.526. The number of carbonyl (C=O) groups excluding carboxylic acids is 2. The largest absolute Gasteiger partial charge is 0.507 e. The first kappa shape index (κ1) is 37.5. The minimum Gasteiger partial charge on any atom is -0.507 e. The Hall–Kier alpha value is -3.98. The van der Waals surface area contributed by atoms with Gasteiger partial charge < -0.3 is 33.5 Å². The lowest BCUT2D eigenvalue weighted by molar-refractivity contribution is -0.283. The molecule has 0 aliphatic carbocycles. The van der Waals surface area contributed by atoms with Gasteiger partial charge in [-0.3, -0.25) is 4.79 Å². The molecule has 0 aromatic heterocycles. The Bertz CT molecular complexity index is 1570. The molecule has 0 radical (unpaired) electrons. The molecule has 3 rings (SSSR count). The topological polar surface area (TPSA) is 110 Å². The summed E-state index contributed by atoms with van der Waals surface area (Å²) in [6.45, 7) is 16.4. The summed E-state index contributed by atoms with van der Waals surface area (Å²) in [5.41, 5.74) is -0.0950. The van der Waals surface area contributed by atoms with Crippen LogP contribution in [-0.4, -0.2) is 58.2 Å². The molecule has 0 unspecified atom stereocenters. The summed E-state index contributed by atoms with van der Waals surface area (Å²) in [5.74, 6) is -1.13. The van der Waals surface area contributed by atoms with E-state index in [2.05, 4.69) is 41.5 Å². The van der Waals surface area contributed by atoms with E-state index in [9.17, 15) is 14.7 Å². The van der Waals surface area contributed by atoms with Gasteiger partial charge in [-0.1, -0.05) is 80.4 Å². The highest BCUT2D eigenvalue weighted by atomic mass is 16.7. The number of Topliss-reactive ketones (excluding diaryl/α,β-unsaturated/α-hetero) is 1. The molecule has 0 bridgehead atoms. The van der Waals surface area contributed by atoms with E-state index in [1.165, 1.54) is 28.4 Å². The van der Waals surface area contributed by atoms with Crippen molar-refractivity contribution in [3.63, 3.8) is 0 Å². The summed E-state index contributed by atoms with van der Waals surface area (Å²) in [6, 6.07) is 8.76. The summed E-state index contributed by atoms with van der Waals surface area (Å²) >= 11 is 0. The number of ether oxygens (including phenoxy) is 6. The molecule has 0 aliphatic heterocycles. The molecule has 0 atom stereocenters.